The van der Waals surface area contributed by atoms with Gasteiger partial charge in [-0.15, -0.1) is 0 Å². The Hall–Kier alpha value is -2.83. The van der Waals surface area contributed by atoms with E-state index in [0.717, 1.165) is 22.6 Å². The average Bonchev–Trinajstić information content (AvgIpc) is 2.73. The lowest BCUT2D eigenvalue weighted by Crippen LogP contribution is -2.27. The molecule has 0 amide bonds. The van der Waals surface area contributed by atoms with E-state index < -0.39 is 0 Å². The summed E-state index contributed by atoms with van der Waals surface area (Å²) >= 11 is 11.4. The molecule has 0 aromatic heterocycles. The zero-order valence-corrected chi connectivity index (χ0v) is 17.3. The summed E-state index contributed by atoms with van der Waals surface area (Å²) in [6, 6.07) is 19.3. The fourth-order valence-corrected chi connectivity index (χ4v) is 3.00. The van der Waals surface area contributed by atoms with Crippen LogP contribution < -0.4 is 20.1 Å². The van der Waals surface area contributed by atoms with Crippen LogP contribution in [0.1, 0.15) is 11.1 Å². The minimum atomic E-state index is -0.256. The number of halogens is 2. The average molecular weight is 431 g/mol. The van der Waals surface area contributed by atoms with Gasteiger partial charge in [0.1, 0.15) is 23.9 Å². The first-order valence-electron chi connectivity index (χ1n) is 8.88. The highest BCUT2D eigenvalue weighted by atomic mass is 35.5. The molecular formula is C22H20ClFN2O2S. The van der Waals surface area contributed by atoms with Crippen LogP contribution in [0.15, 0.2) is 66.7 Å². The van der Waals surface area contributed by atoms with Crippen molar-refractivity contribution in [3.63, 3.8) is 0 Å². The number of hydrogen-bond donors (Lipinski definition) is 2. The fraction of sp³-hybridized carbons (Fsp3) is 0.136. The third-order valence-corrected chi connectivity index (χ3v) is 4.65. The van der Waals surface area contributed by atoms with Gasteiger partial charge in [-0.2, -0.15) is 0 Å². The Morgan fingerprint density at radius 3 is 2.34 bits per heavy atom. The highest BCUT2D eigenvalue weighted by molar-refractivity contribution is 7.80. The van der Waals surface area contributed by atoms with Gasteiger partial charge in [0.2, 0.25) is 0 Å². The summed E-state index contributed by atoms with van der Waals surface area (Å²) in [7, 11) is 1.57. The van der Waals surface area contributed by atoms with Crippen molar-refractivity contribution in [2.45, 2.75) is 13.2 Å². The van der Waals surface area contributed by atoms with Crippen LogP contribution in [0, 0.1) is 5.82 Å². The molecule has 0 aliphatic rings. The van der Waals surface area contributed by atoms with Crippen LogP contribution in [0.5, 0.6) is 11.5 Å². The Labute approximate surface area is 179 Å². The Morgan fingerprint density at radius 1 is 1.00 bits per heavy atom. The number of anilines is 1. The molecule has 0 fully saturated rings. The fourth-order valence-electron chi connectivity index (χ4n) is 2.55. The van der Waals surface area contributed by atoms with Gasteiger partial charge in [0, 0.05) is 12.2 Å². The summed E-state index contributed by atoms with van der Waals surface area (Å²) in [4.78, 5) is 0. The maximum atomic E-state index is 12.9. The smallest absolute Gasteiger partial charge is 0.171 e. The third kappa shape index (κ3) is 6.34. The SMILES string of the molecule is COc1ccc(NC(=S)NCc2ccc(OCc3ccc(F)cc3)cc2)cc1Cl. The van der Waals surface area contributed by atoms with Gasteiger partial charge in [-0.1, -0.05) is 35.9 Å². The molecule has 0 aliphatic heterocycles. The summed E-state index contributed by atoms with van der Waals surface area (Å²) in [5, 5.41) is 7.23. The van der Waals surface area contributed by atoms with Crippen molar-refractivity contribution >= 4 is 34.6 Å². The quantitative estimate of drug-likeness (QED) is 0.481. The van der Waals surface area contributed by atoms with Crippen molar-refractivity contribution in [3.05, 3.63) is 88.7 Å². The Morgan fingerprint density at radius 2 is 1.69 bits per heavy atom. The van der Waals surface area contributed by atoms with E-state index >= 15 is 0 Å². The molecule has 0 atom stereocenters. The van der Waals surface area contributed by atoms with Crippen molar-refractivity contribution in [1.29, 1.82) is 0 Å². The van der Waals surface area contributed by atoms with Crippen LogP contribution in [0.25, 0.3) is 0 Å². The lowest BCUT2D eigenvalue weighted by molar-refractivity contribution is 0.306. The number of benzene rings is 3. The molecule has 3 aromatic rings. The second-order valence-corrected chi connectivity index (χ2v) is 7.03. The van der Waals surface area contributed by atoms with E-state index in [4.69, 9.17) is 33.3 Å². The van der Waals surface area contributed by atoms with Crippen LogP contribution in [-0.2, 0) is 13.2 Å². The predicted octanol–water partition coefficient (Wildman–Crippen LogP) is 5.55. The predicted molar refractivity (Wildman–Crippen MR) is 118 cm³/mol. The normalized spacial score (nSPS) is 10.3. The minimum absolute atomic E-state index is 0.256. The summed E-state index contributed by atoms with van der Waals surface area (Å²) in [6.45, 7) is 0.949. The van der Waals surface area contributed by atoms with Crippen LogP contribution in [0.4, 0.5) is 10.1 Å². The van der Waals surface area contributed by atoms with Gasteiger partial charge in [0.05, 0.1) is 12.1 Å². The molecule has 3 aromatic carbocycles. The van der Waals surface area contributed by atoms with Gasteiger partial charge in [-0.3, -0.25) is 0 Å². The summed E-state index contributed by atoms with van der Waals surface area (Å²) < 4.78 is 23.8. The number of hydrogen-bond acceptors (Lipinski definition) is 3. The van der Waals surface area contributed by atoms with E-state index in [1.165, 1.54) is 12.1 Å². The van der Waals surface area contributed by atoms with Crippen molar-refractivity contribution in [1.82, 2.24) is 5.32 Å². The largest absolute Gasteiger partial charge is 0.495 e. The highest BCUT2D eigenvalue weighted by Gasteiger charge is 2.04. The molecule has 3 rings (SSSR count). The van der Waals surface area contributed by atoms with Gasteiger partial charge in [-0.25, -0.2) is 4.39 Å². The molecule has 150 valence electrons. The number of rotatable bonds is 7. The maximum absolute atomic E-state index is 12.9. The van der Waals surface area contributed by atoms with Crippen molar-refractivity contribution < 1.29 is 13.9 Å². The Bertz CT molecular complexity index is 966. The van der Waals surface area contributed by atoms with Gasteiger partial charge in [-0.05, 0) is 65.8 Å². The maximum Gasteiger partial charge on any atom is 0.171 e. The standard InChI is InChI=1S/C22H20ClFN2O2S/c1-27-21-11-8-18(12-20(21)23)26-22(29)25-13-15-4-9-19(10-5-15)28-14-16-2-6-17(24)7-3-16/h2-12H,13-14H2,1H3,(H2,25,26,29). The summed E-state index contributed by atoms with van der Waals surface area (Å²) in [5.74, 6) is 1.09. The van der Waals surface area contributed by atoms with E-state index in [0.29, 0.717) is 29.0 Å². The van der Waals surface area contributed by atoms with Crippen molar-refractivity contribution in [2.24, 2.45) is 0 Å². The van der Waals surface area contributed by atoms with E-state index in [-0.39, 0.29) is 5.82 Å². The molecule has 7 heteroatoms. The second-order valence-electron chi connectivity index (χ2n) is 6.22. The van der Waals surface area contributed by atoms with Crippen molar-refractivity contribution in [3.8, 4) is 11.5 Å². The zero-order valence-electron chi connectivity index (χ0n) is 15.7. The molecule has 2 N–H and O–H groups in total. The van der Waals surface area contributed by atoms with E-state index in [9.17, 15) is 4.39 Å². The first-order chi connectivity index (χ1) is 14.0. The monoisotopic (exact) mass is 430 g/mol. The van der Waals surface area contributed by atoms with E-state index in [1.54, 1.807) is 31.4 Å². The zero-order chi connectivity index (χ0) is 20.6. The molecule has 0 heterocycles. The Kier molecular flexibility index (Phi) is 7.27. The molecule has 0 aliphatic carbocycles. The molecule has 0 radical (unpaired) electrons. The molecule has 4 nitrogen and oxygen atoms in total. The molecule has 0 saturated carbocycles. The molecule has 0 bridgehead atoms. The highest BCUT2D eigenvalue weighted by Crippen LogP contribution is 2.27. The number of ether oxygens (including phenoxy) is 2. The number of methoxy groups -OCH3 is 1. The number of nitrogens with one attached hydrogen (secondary N) is 2. The van der Waals surface area contributed by atoms with E-state index in [2.05, 4.69) is 10.6 Å². The first kappa shape index (κ1) is 20.9. The third-order valence-electron chi connectivity index (χ3n) is 4.10. The summed E-state index contributed by atoms with van der Waals surface area (Å²) in [5.41, 5.74) is 2.74. The lowest BCUT2D eigenvalue weighted by Gasteiger charge is -2.12. The van der Waals surface area contributed by atoms with Gasteiger partial charge >= 0.3 is 0 Å². The van der Waals surface area contributed by atoms with Gasteiger partial charge in [0.15, 0.2) is 5.11 Å². The van der Waals surface area contributed by atoms with Crippen LogP contribution in [0.3, 0.4) is 0 Å². The van der Waals surface area contributed by atoms with Crippen LogP contribution >= 0.6 is 23.8 Å². The van der Waals surface area contributed by atoms with Crippen molar-refractivity contribution in [2.75, 3.05) is 12.4 Å². The molecule has 29 heavy (non-hydrogen) atoms. The van der Waals surface area contributed by atoms with Gasteiger partial charge in [0.25, 0.3) is 0 Å². The topological polar surface area (TPSA) is 42.5 Å². The Balaban J connectivity index is 1.46. The second kappa shape index (κ2) is 10.1. The summed E-state index contributed by atoms with van der Waals surface area (Å²) in [6.07, 6.45) is 0. The molecule has 0 unspecified atom stereocenters. The molecule has 0 saturated heterocycles. The van der Waals surface area contributed by atoms with E-state index in [1.807, 2.05) is 30.3 Å². The molecular weight excluding hydrogens is 411 g/mol. The first-order valence-corrected chi connectivity index (χ1v) is 9.66. The van der Waals surface area contributed by atoms with Crippen LogP contribution in [0.2, 0.25) is 5.02 Å². The number of thiocarbonyl (C=S) groups is 1. The minimum Gasteiger partial charge on any atom is -0.495 e. The van der Waals surface area contributed by atoms with Crippen LogP contribution in [-0.4, -0.2) is 12.2 Å². The molecule has 0 spiro atoms. The lowest BCUT2D eigenvalue weighted by atomic mass is 10.2. The van der Waals surface area contributed by atoms with Gasteiger partial charge < -0.3 is 20.1 Å².